The topological polar surface area (TPSA) is 33.1 Å². The Morgan fingerprint density at radius 2 is 2.14 bits per heavy atom. The Labute approximate surface area is 137 Å². The number of aromatic nitrogens is 2. The van der Waals surface area contributed by atoms with Gasteiger partial charge in [0.15, 0.2) is 5.11 Å². The molecule has 1 N–H and O–H groups in total. The standard InChI is InChI=1S/C17H22N4S/c1-3-4-12-21-16(14-9-7-11-20(14)2)15(19-17(21)22)13-8-5-6-10-18-13/h5-11,15-16H,3-4,12H2,1-2H3,(H,19,22)/t15-,16+/m1/s1. The van der Waals surface area contributed by atoms with E-state index in [1.54, 1.807) is 0 Å². The van der Waals surface area contributed by atoms with Crippen LogP contribution in [0.1, 0.15) is 43.2 Å². The summed E-state index contributed by atoms with van der Waals surface area (Å²) in [5.74, 6) is 0. The van der Waals surface area contributed by atoms with Gasteiger partial charge in [0, 0.05) is 31.7 Å². The molecule has 5 heteroatoms. The highest BCUT2D eigenvalue weighted by Crippen LogP contribution is 2.38. The number of nitrogens with one attached hydrogen (secondary N) is 1. The first-order valence-electron chi connectivity index (χ1n) is 7.81. The average molecular weight is 314 g/mol. The normalized spacial score (nSPS) is 21.2. The van der Waals surface area contributed by atoms with Gasteiger partial charge in [-0.15, -0.1) is 0 Å². The van der Waals surface area contributed by atoms with Gasteiger partial charge in [-0.25, -0.2) is 0 Å². The van der Waals surface area contributed by atoms with Gasteiger partial charge in [0.25, 0.3) is 0 Å². The minimum Gasteiger partial charge on any atom is -0.353 e. The van der Waals surface area contributed by atoms with Gasteiger partial charge < -0.3 is 14.8 Å². The molecular formula is C17H22N4S. The summed E-state index contributed by atoms with van der Waals surface area (Å²) in [7, 11) is 2.09. The molecule has 2 aromatic rings. The van der Waals surface area contributed by atoms with Gasteiger partial charge in [0.2, 0.25) is 0 Å². The summed E-state index contributed by atoms with van der Waals surface area (Å²) in [5, 5.41) is 4.31. The van der Waals surface area contributed by atoms with Gasteiger partial charge in [-0.05, 0) is 42.9 Å². The summed E-state index contributed by atoms with van der Waals surface area (Å²) in [4.78, 5) is 6.85. The molecule has 3 rings (SSSR count). The van der Waals surface area contributed by atoms with Crippen LogP contribution >= 0.6 is 12.2 Å². The number of aryl methyl sites for hydroxylation is 1. The SMILES string of the molecule is CCCCN1C(=S)N[C@H](c2ccccn2)[C@@H]1c1cccn1C. The molecule has 2 atom stereocenters. The molecular weight excluding hydrogens is 292 g/mol. The predicted molar refractivity (Wildman–Crippen MR) is 92.5 cm³/mol. The first-order valence-corrected chi connectivity index (χ1v) is 8.22. The van der Waals surface area contributed by atoms with Crippen LogP contribution in [-0.2, 0) is 7.05 Å². The predicted octanol–water partition coefficient (Wildman–Crippen LogP) is 3.19. The van der Waals surface area contributed by atoms with Crippen LogP contribution in [0.2, 0.25) is 0 Å². The molecule has 1 aliphatic rings. The van der Waals surface area contributed by atoms with Gasteiger partial charge in [0.1, 0.15) is 0 Å². The minimum absolute atomic E-state index is 0.0964. The maximum absolute atomic E-state index is 5.60. The second-order valence-corrected chi connectivity index (χ2v) is 6.10. The third kappa shape index (κ3) is 2.73. The van der Waals surface area contributed by atoms with Crippen molar-refractivity contribution >= 4 is 17.3 Å². The molecule has 1 fully saturated rings. The molecule has 22 heavy (non-hydrogen) atoms. The molecule has 0 saturated carbocycles. The lowest BCUT2D eigenvalue weighted by molar-refractivity contribution is 0.302. The summed E-state index contributed by atoms with van der Waals surface area (Å²) >= 11 is 5.60. The van der Waals surface area contributed by atoms with Crippen molar-refractivity contribution in [3.8, 4) is 0 Å². The number of rotatable bonds is 5. The van der Waals surface area contributed by atoms with Crippen molar-refractivity contribution in [2.75, 3.05) is 6.54 Å². The van der Waals surface area contributed by atoms with E-state index in [9.17, 15) is 0 Å². The van der Waals surface area contributed by atoms with E-state index >= 15 is 0 Å². The fourth-order valence-electron chi connectivity index (χ4n) is 3.08. The molecule has 4 nitrogen and oxygen atoms in total. The summed E-state index contributed by atoms with van der Waals surface area (Å²) in [6.45, 7) is 3.18. The fraction of sp³-hybridized carbons (Fsp3) is 0.412. The quantitative estimate of drug-likeness (QED) is 0.859. The molecule has 0 bridgehead atoms. The van der Waals surface area contributed by atoms with Crippen LogP contribution in [0.4, 0.5) is 0 Å². The Morgan fingerprint density at radius 1 is 1.27 bits per heavy atom. The number of thiocarbonyl (C=S) groups is 1. The molecule has 1 saturated heterocycles. The van der Waals surface area contributed by atoms with Crippen LogP contribution in [0.5, 0.6) is 0 Å². The average Bonchev–Trinajstić information content (AvgIpc) is 3.09. The van der Waals surface area contributed by atoms with Crippen LogP contribution in [0.3, 0.4) is 0 Å². The second kappa shape index (κ2) is 6.48. The van der Waals surface area contributed by atoms with E-state index < -0.39 is 0 Å². The van der Waals surface area contributed by atoms with Crippen molar-refractivity contribution < 1.29 is 0 Å². The molecule has 0 radical (unpaired) electrons. The third-order valence-electron chi connectivity index (χ3n) is 4.24. The lowest BCUT2D eigenvalue weighted by Gasteiger charge is -2.28. The monoisotopic (exact) mass is 314 g/mol. The zero-order valence-corrected chi connectivity index (χ0v) is 13.9. The zero-order chi connectivity index (χ0) is 15.5. The molecule has 3 heterocycles. The maximum Gasteiger partial charge on any atom is 0.170 e. The first kappa shape index (κ1) is 15.0. The van der Waals surface area contributed by atoms with Crippen molar-refractivity contribution in [2.24, 2.45) is 7.05 Å². The van der Waals surface area contributed by atoms with Crippen molar-refractivity contribution in [3.05, 3.63) is 54.1 Å². The summed E-state index contributed by atoms with van der Waals surface area (Å²) in [5.41, 5.74) is 2.30. The van der Waals surface area contributed by atoms with Gasteiger partial charge in [-0.3, -0.25) is 4.98 Å². The summed E-state index contributed by atoms with van der Waals surface area (Å²) in [6, 6.07) is 10.6. The highest BCUT2D eigenvalue weighted by molar-refractivity contribution is 7.80. The van der Waals surface area contributed by atoms with Crippen molar-refractivity contribution in [1.82, 2.24) is 19.8 Å². The minimum atomic E-state index is 0.0964. The van der Waals surface area contributed by atoms with Gasteiger partial charge >= 0.3 is 0 Å². The van der Waals surface area contributed by atoms with Crippen molar-refractivity contribution in [2.45, 2.75) is 31.8 Å². The smallest absolute Gasteiger partial charge is 0.170 e. The van der Waals surface area contributed by atoms with Gasteiger partial charge in [-0.1, -0.05) is 19.4 Å². The fourth-order valence-corrected chi connectivity index (χ4v) is 3.41. The molecule has 1 aliphatic heterocycles. The Bertz CT molecular complexity index is 637. The number of hydrogen-bond donors (Lipinski definition) is 1. The lowest BCUT2D eigenvalue weighted by Crippen LogP contribution is -2.31. The lowest BCUT2D eigenvalue weighted by atomic mass is 10.0. The van der Waals surface area contributed by atoms with Gasteiger partial charge in [0.05, 0.1) is 17.8 Å². The Hall–Kier alpha value is -1.88. The number of unbranched alkanes of at least 4 members (excludes halogenated alkanes) is 1. The van der Waals surface area contributed by atoms with E-state index in [0.717, 1.165) is 30.2 Å². The largest absolute Gasteiger partial charge is 0.353 e. The molecule has 116 valence electrons. The van der Waals surface area contributed by atoms with Crippen LogP contribution in [0, 0.1) is 0 Å². The first-order chi connectivity index (χ1) is 10.7. The van der Waals surface area contributed by atoms with Crippen molar-refractivity contribution in [3.63, 3.8) is 0 Å². The Morgan fingerprint density at radius 3 is 2.77 bits per heavy atom. The van der Waals surface area contributed by atoms with E-state index in [0.29, 0.717) is 0 Å². The summed E-state index contributed by atoms with van der Waals surface area (Å²) < 4.78 is 2.18. The Balaban J connectivity index is 1.99. The number of nitrogens with zero attached hydrogens (tertiary/aromatic N) is 3. The Kier molecular flexibility index (Phi) is 4.43. The van der Waals surface area contributed by atoms with Crippen LogP contribution < -0.4 is 5.32 Å². The number of hydrogen-bond acceptors (Lipinski definition) is 2. The van der Waals surface area contributed by atoms with Crippen LogP contribution in [0.15, 0.2) is 42.7 Å². The van der Waals surface area contributed by atoms with Crippen LogP contribution in [0.25, 0.3) is 0 Å². The van der Waals surface area contributed by atoms with E-state index in [2.05, 4.69) is 58.1 Å². The zero-order valence-electron chi connectivity index (χ0n) is 13.1. The molecule has 2 aromatic heterocycles. The van der Waals surface area contributed by atoms with E-state index in [-0.39, 0.29) is 12.1 Å². The van der Waals surface area contributed by atoms with Gasteiger partial charge in [-0.2, -0.15) is 0 Å². The summed E-state index contributed by atoms with van der Waals surface area (Å²) in [6.07, 6.45) is 6.23. The van der Waals surface area contributed by atoms with E-state index in [1.807, 2.05) is 18.3 Å². The van der Waals surface area contributed by atoms with Crippen LogP contribution in [-0.4, -0.2) is 26.1 Å². The van der Waals surface area contributed by atoms with Crippen molar-refractivity contribution in [1.29, 1.82) is 0 Å². The third-order valence-corrected chi connectivity index (χ3v) is 4.59. The molecule has 0 aromatic carbocycles. The highest BCUT2D eigenvalue weighted by Gasteiger charge is 2.40. The maximum atomic E-state index is 5.60. The second-order valence-electron chi connectivity index (χ2n) is 5.72. The molecule has 0 unspecified atom stereocenters. The molecule has 0 spiro atoms. The van der Waals surface area contributed by atoms with E-state index in [4.69, 9.17) is 12.2 Å². The number of pyridine rings is 1. The van der Waals surface area contributed by atoms with E-state index in [1.165, 1.54) is 5.69 Å². The molecule has 0 aliphatic carbocycles. The molecule has 0 amide bonds. The highest BCUT2D eigenvalue weighted by atomic mass is 32.1.